The van der Waals surface area contributed by atoms with Crippen LogP contribution >= 0.6 is 0 Å². The first kappa shape index (κ1) is 66.0. The molecule has 8 atom stereocenters. The Labute approximate surface area is 493 Å². The summed E-state index contributed by atoms with van der Waals surface area (Å²) in [5.74, 6) is 1.33. The maximum Gasteiger partial charge on any atom is 0.302 e. The number of carbonyl (C=O) groups excluding carboxylic acids is 6. The normalized spacial score (nSPS) is 24.9. The number of aliphatic hydroxyl groups excluding tert-OH is 2. The number of aromatic nitrogens is 1. The first-order valence-corrected chi connectivity index (χ1v) is 30.0. The summed E-state index contributed by atoms with van der Waals surface area (Å²) in [4.78, 5) is 82.6. The minimum atomic E-state index is -1.46. The van der Waals surface area contributed by atoms with Crippen molar-refractivity contribution in [1.29, 1.82) is 0 Å². The van der Waals surface area contributed by atoms with Crippen LogP contribution in [0.1, 0.15) is 140 Å². The maximum absolute atomic E-state index is 12.5. The number of unbranched alkanes of at least 4 members (excludes halogenated alkanes) is 3. The molecule has 16 nitrogen and oxygen atoms in total. The van der Waals surface area contributed by atoms with Crippen molar-refractivity contribution >= 4 is 65.4 Å². The van der Waals surface area contributed by atoms with Crippen molar-refractivity contribution in [2.45, 2.75) is 155 Å². The number of esters is 1. The highest BCUT2D eigenvalue weighted by atomic mass is 16.5. The highest BCUT2D eigenvalue weighted by Crippen LogP contribution is 2.64. The number of piperidine rings is 1. The van der Waals surface area contributed by atoms with Gasteiger partial charge < -0.3 is 53.7 Å². The monoisotopic (exact) mass is 1140 g/mol. The molecule has 8 aliphatic rings. The second-order valence-corrected chi connectivity index (χ2v) is 23.5. The molecule has 4 aliphatic heterocycles. The Bertz CT molecular complexity index is 2870. The summed E-state index contributed by atoms with van der Waals surface area (Å²) in [5.41, 5.74) is 13.4. The number of methoxy groups -OCH3 is 1. The molecule has 11 rings (SSSR count). The molecular weight excluding hydrogens is 1050 g/mol. The third-order valence-electron chi connectivity index (χ3n) is 18.2. The van der Waals surface area contributed by atoms with Crippen molar-refractivity contribution in [3.05, 3.63) is 105 Å². The molecule has 3 aromatic rings. The number of benzene rings is 2. The largest absolute Gasteiger partial charge is 0.462 e. The average molecular weight is 1140 g/mol. The fourth-order valence-corrected chi connectivity index (χ4v) is 14.7. The molecule has 452 valence electrons. The highest BCUT2D eigenvalue weighted by Gasteiger charge is 2.58. The molecule has 4 aliphatic carbocycles. The van der Waals surface area contributed by atoms with Gasteiger partial charge in [0.1, 0.15) is 31.6 Å². The van der Waals surface area contributed by atoms with Crippen LogP contribution in [0.5, 0.6) is 0 Å². The van der Waals surface area contributed by atoms with Crippen molar-refractivity contribution < 1.29 is 48.5 Å². The van der Waals surface area contributed by atoms with E-state index < -0.39 is 6.10 Å². The van der Waals surface area contributed by atoms with Gasteiger partial charge in [-0.2, -0.15) is 0 Å². The van der Waals surface area contributed by atoms with E-state index in [1.165, 1.54) is 73.4 Å². The van der Waals surface area contributed by atoms with E-state index in [2.05, 4.69) is 90.1 Å². The van der Waals surface area contributed by atoms with Gasteiger partial charge in [-0.05, 0) is 173 Å². The highest BCUT2D eigenvalue weighted by molar-refractivity contribution is 5.93. The van der Waals surface area contributed by atoms with Crippen LogP contribution in [0.2, 0.25) is 0 Å². The maximum atomic E-state index is 12.5. The molecule has 2 bridgehead atoms. The van der Waals surface area contributed by atoms with Crippen LogP contribution < -0.4 is 9.80 Å². The predicted molar refractivity (Wildman–Crippen MR) is 329 cm³/mol. The van der Waals surface area contributed by atoms with Gasteiger partial charge in [0.05, 0.1) is 23.5 Å². The Balaban J connectivity index is 0.00000117. The van der Waals surface area contributed by atoms with E-state index in [4.69, 9.17) is 29.2 Å². The van der Waals surface area contributed by atoms with E-state index in [0.717, 1.165) is 119 Å². The summed E-state index contributed by atoms with van der Waals surface area (Å²) in [5, 5.41) is 18.8. The van der Waals surface area contributed by atoms with Crippen molar-refractivity contribution in [2.24, 2.45) is 17.3 Å². The Morgan fingerprint density at radius 3 is 2.28 bits per heavy atom. The number of carbonyl (C=O) groups is 6. The van der Waals surface area contributed by atoms with E-state index in [1.807, 2.05) is 38.7 Å². The Kier molecular flexibility index (Phi) is 24.3. The smallest absolute Gasteiger partial charge is 0.302 e. The molecule has 0 amide bonds. The number of ether oxygens (including phenoxy) is 2. The lowest BCUT2D eigenvalue weighted by Gasteiger charge is -2.58. The summed E-state index contributed by atoms with van der Waals surface area (Å²) in [6, 6.07) is 17.0. The predicted octanol–water partition coefficient (Wildman–Crippen LogP) is 9.23. The van der Waals surface area contributed by atoms with Crippen LogP contribution in [0.4, 0.5) is 11.4 Å². The SMILES string of the molecule is C=O.CC.CC=O.CO.COC/C(C=O)=C(/C=C1/c2nc3ccc(N4C5CC4CN(CCCCCCN(C)c4ccc([C@H]6C[C@]7(C)C(OC(C)=O)CCC7C7CCC8=CC(=O)CCC8=C76)cc4)C5)c(CN(C)C)c3cc2CN1C)C(O)C=O. The summed E-state index contributed by atoms with van der Waals surface area (Å²) < 4.78 is 11.3. The van der Waals surface area contributed by atoms with Gasteiger partial charge in [-0.3, -0.25) is 19.3 Å². The number of hydrogen-bond donors (Lipinski definition) is 2. The lowest BCUT2D eigenvalue weighted by molar-refractivity contribution is -0.154. The molecular formula is C67H94N6O10. The first-order valence-electron chi connectivity index (χ1n) is 30.0. The lowest BCUT2D eigenvalue weighted by Crippen LogP contribution is -2.69. The number of allylic oxidation sites excluding steroid dienone is 4. The van der Waals surface area contributed by atoms with Crippen molar-refractivity contribution in [1.82, 2.24) is 19.7 Å². The van der Waals surface area contributed by atoms with Gasteiger partial charge in [-0.25, -0.2) is 4.98 Å². The van der Waals surface area contributed by atoms with Crippen LogP contribution in [0.3, 0.4) is 0 Å². The number of fused-ring (bicyclic) bond motifs is 8. The molecule has 5 fully saturated rings. The van der Waals surface area contributed by atoms with E-state index in [1.54, 1.807) is 18.6 Å². The van der Waals surface area contributed by atoms with Gasteiger partial charge in [-0.1, -0.05) is 51.3 Å². The topological polar surface area (TPSA) is 190 Å². The quantitative estimate of drug-likeness (QED) is 0.0499. The fourth-order valence-electron chi connectivity index (χ4n) is 14.7. The molecule has 3 saturated heterocycles. The fraction of sp³-hybridized carbons (Fsp3) is 0.567. The van der Waals surface area contributed by atoms with Gasteiger partial charge in [0.25, 0.3) is 0 Å². The summed E-state index contributed by atoms with van der Waals surface area (Å²) in [7, 11) is 10.9. The second-order valence-electron chi connectivity index (χ2n) is 23.5. The van der Waals surface area contributed by atoms with E-state index >= 15 is 0 Å². The van der Waals surface area contributed by atoms with Crippen LogP contribution in [0, 0.1) is 17.3 Å². The zero-order chi connectivity index (χ0) is 60.7. The summed E-state index contributed by atoms with van der Waals surface area (Å²) in [6.07, 6.45) is 16.5. The molecule has 2 saturated carbocycles. The Morgan fingerprint density at radius 2 is 1.64 bits per heavy atom. The zero-order valence-corrected chi connectivity index (χ0v) is 51.5. The molecule has 0 radical (unpaired) electrons. The van der Waals surface area contributed by atoms with Gasteiger partial charge >= 0.3 is 5.97 Å². The van der Waals surface area contributed by atoms with E-state index in [-0.39, 0.29) is 46.9 Å². The molecule has 1 aromatic heterocycles. The van der Waals surface area contributed by atoms with Crippen LogP contribution in [0.25, 0.3) is 16.6 Å². The molecule has 5 heterocycles. The number of aliphatic hydroxyl groups is 2. The van der Waals surface area contributed by atoms with Crippen molar-refractivity contribution in [3.8, 4) is 0 Å². The molecule has 0 spiro atoms. The molecule has 6 unspecified atom stereocenters. The number of anilines is 2. The van der Waals surface area contributed by atoms with Gasteiger partial charge in [0.2, 0.25) is 0 Å². The molecule has 2 aromatic carbocycles. The Morgan fingerprint density at radius 1 is 0.952 bits per heavy atom. The number of nitrogens with zero attached hydrogens (tertiary/aromatic N) is 6. The molecule has 16 heteroatoms. The summed E-state index contributed by atoms with van der Waals surface area (Å²) in [6.45, 7) is 17.1. The molecule has 83 heavy (non-hydrogen) atoms. The van der Waals surface area contributed by atoms with Crippen LogP contribution in [0.15, 0.2) is 82.5 Å². The number of aldehydes is 3. The zero-order valence-electron chi connectivity index (χ0n) is 51.5. The van der Waals surface area contributed by atoms with Crippen molar-refractivity contribution in [3.63, 3.8) is 0 Å². The Hall–Kier alpha value is -6.17. The first-order chi connectivity index (χ1) is 40.1. The second kappa shape index (κ2) is 30.6. The summed E-state index contributed by atoms with van der Waals surface area (Å²) >= 11 is 0. The standard InChI is InChI=1S/C61H78N6O7.C2H4O.C2H6.CH4O.CH2O/c1-38(70)74-58-23-20-53-48-18-14-40-26-46(71)17-19-47(40)59(48)51(30-61(53,58)2)39-12-15-43(16-13-39)64(5)24-10-8-9-11-25-66-32-44-28-45(33-66)67(44)55-22-21-54-50(52(55)34-63(3)4)27-41-31-65(6)56(60(41)62-54)29-49(57(72)36-69)42(35-68)37-73-7;1-2-3;3*1-2/h12-13,15-16,21-22,26-27,29,35-36,44-45,48,51,53,57-58,72H,8-11,14,17-20,23-25,28,30-34,37H2,1-7H3;2H,1H3;1-2H3;2H,1H3;1H2/b49-42-,56-29-;;;;/t44?,45?,48?,51-,53?,57?,58?,61+;;;;/m1..../s1. The van der Waals surface area contributed by atoms with Crippen LogP contribution in [-0.2, 0) is 51.3 Å². The van der Waals surface area contributed by atoms with Crippen molar-refractivity contribution in [2.75, 3.05) is 85.0 Å². The number of ketones is 1. The third-order valence-corrected chi connectivity index (χ3v) is 18.2. The van der Waals surface area contributed by atoms with Gasteiger partial charge in [-0.15, -0.1) is 0 Å². The van der Waals surface area contributed by atoms with E-state index in [9.17, 15) is 24.3 Å². The minimum Gasteiger partial charge on any atom is -0.462 e. The van der Waals surface area contributed by atoms with Gasteiger partial charge in [0, 0.05) is 120 Å². The lowest BCUT2D eigenvalue weighted by atomic mass is 9.53. The average Bonchev–Trinajstić information content (AvgIpc) is 3.58. The number of hydrogen-bond acceptors (Lipinski definition) is 16. The molecule has 2 N–H and O–H groups in total. The number of pyridine rings is 1. The van der Waals surface area contributed by atoms with Gasteiger partial charge in [0.15, 0.2) is 12.1 Å². The third kappa shape index (κ3) is 14.5. The number of rotatable bonds is 19. The van der Waals surface area contributed by atoms with E-state index in [0.29, 0.717) is 49.5 Å². The minimum absolute atomic E-state index is 0.0173. The number of piperazine rings is 1. The van der Waals surface area contributed by atoms with Crippen LogP contribution in [-0.4, -0.2) is 167 Å².